The molecular weight excluding hydrogens is 601 g/mol. The van der Waals surface area contributed by atoms with Crippen molar-refractivity contribution >= 4 is 39.1 Å². The first kappa shape index (κ1) is 30.6. The van der Waals surface area contributed by atoms with E-state index in [4.69, 9.17) is 25.8 Å². The summed E-state index contributed by atoms with van der Waals surface area (Å²) in [4.78, 5) is 31.1. The summed E-state index contributed by atoms with van der Waals surface area (Å²) in [7, 11) is 2.54. The normalized spacial score (nSPS) is 21.9. The van der Waals surface area contributed by atoms with E-state index in [1.54, 1.807) is 24.3 Å². The highest BCUT2D eigenvalue weighted by Crippen LogP contribution is 2.55. The Hall–Kier alpha value is -3.87. The van der Waals surface area contributed by atoms with Crippen molar-refractivity contribution in [2.24, 2.45) is 0 Å². The van der Waals surface area contributed by atoms with Gasteiger partial charge in [-0.2, -0.15) is 0 Å². The Morgan fingerprint density at radius 2 is 1.67 bits per heavy atom. The number of benzene rings is 3. The third kappa shape index (κ3) is 4.68. The zero-order valence-electron chi connectivity index (χ0n) is 24.2. The van der Waals surface area contributed by atoms with Gasteiger partial charge in [-0.1, -0.05) is 29.8 Å². The topological polar surface area (TPSA) is 106 Å². The smallest absolute Gasteiger partial charge is 0.274 e. The Balaban J connectivity index is 1.86. The number of likely N-dealkylation sites (N-methyl/N-ethyl adjacent to an activating group) is 1. The fourth-order valence-corrected chi connectivity index (χ4v) is 7.77. The summed E-state index contributed by atoms with van der Waals surface area (Å²) < 4.78 is 61.3. The van der Waals surface area contributed by atoms with Crippen LogP contribution in [-0.2, 0) is 25.2 Å². The second kappa shape index (κ2) is 11.3. The fourth-order valence-electron chi connectivity index (χ4n) is 6.00. The van der Waals surface area contributed by atoms with Crippen LogP contribution in [0, 0.1) is 0 Å². The van der Waals surface area contributed by atoms with Crippen LogP contribution >= 0.6 is 11.6 Å². The zero-order chi connectivity index (χ0) is 31.3. The molecule has 0 N–H and O–H groups in total. The van der Waals surface area contributed by atoms with E-state index in [9.17, 15) is 13.2 Å². The second-order valence-corrected chi connectivity index (χ2v) is 12.6. The van der Waals surface area contributed by atoms with Gasteiger partial charge in [0.25, 0.3) is 15.9 Å². The van der Waals surface area contributed by atoms with Crippen molar-refractivity contribution in [3.63, 3.8) is 0 Å². The highest BCUT2D eigenvalue weighted by Gasteiger charge is 2.64. The fraction of sp³-hybridized carbons (Fsp3) is 0.333. The predicted molar refractivity (Wildman–Crippen MR) is 158 cm³/mol. The SMILES string of the molecule is COc1ccc(S(=O)(=O)N2C(=O)C(c3ccccc3OC)(N3C[C@H](F)C[C@H]3C(=O)N(C)C)c3cc(Cl)ccc32)c(OC)c1. The molecule has 10 nitrogen and oxygen atoms in total. The van der Waals surface area contributed by atoms with Gasteiger partial charge >= 0.3 is 0 Å². The standard InChI is InChI=1S/C30H31ClFN3O7S/c1-33(2)28(36)24-15-19(32)17-34(24)30(21-8-6-7-9-25(21)41-4)22-14-18(31)10-12-23(22)35(29(30)37)43(38,39)27-13-11-20(40-3)16-26(27)42-5/h6-14,16,19,24H,15,17H2,1-5H3/t19-,24+,30?/m1/s1. The molecule has 1 fully saturated rings. The summed E-state index contributed by atoms with van der Waals surface area (Å²) >= 11 is 6.49. The molecular formula is C30H31ClFN3O7S. The maximum atomic E-state index is 15.4. The van der Waals surface area contributed by atoms with Gasteiger partial charge in [-0.3, -0.25) is 14.5 Å². The van der Waals surface area contributed by atoms with Crippen molar-refractivity contribution < 1.29 is 36.6 Å². The van der Waals surface area contributed by atoms with Crippen LogP contribution in [0.5, 0.6) is 17.2 Å². The number of halogens is 2. The number of amides is 2. The van der Waals surface area contributed by atoms with Crippen LogP contribution in [0.2, 0.25) is 5.02 Å². The average Bonchev–Trinajstić information content (AvgIpc) is 3.50. The molecule has 0 spiro atoms. The van der Waals surface area contributed by atoms with Gasteiger partial charge < -0.3 is 19.1 Å². The van der Waals surface area contributed by atoms with E-state index in [2.05, 4.69) is 0 Å². The molecule has 0 aliphatic carbocycles. The molecule has 5 rings (SSSR count). The van der Waals surface area contributed by atoms with E-state index in [-0.39, 0.29) is 51.2 Å². The Kier molecular flexibility index (Phi) is 8.05. The maximum absolute atomic E-state index is 15.4. The molecule has 43 heavy (non-hydrogen) atoms. The highest BCUT2D eigenvalue weighted by molar-refractivity contribution is 7.93. The number of fused-ring (bicyclic) bond motifs is 1. The third-order valence-electron chi connectivity index (χ3n) is 7.85. The summed E-state index contributed by atoms with van der Waals surface area (Å²) in [6, 6.07) is 13.9. The third-order valence-corrected chi connectivity index (χ3v) is 9.83. The van der Waals surface area contributed by atoms with Gasteiger partial charge in [0.1, 0.15) is 28.3 Å². The first-order valence-electron chi connectivity index (χ1n) is 13.3. The van der Waals surface area contributed by atoms with Crippen LogP contribution in [0.25, 0.3) is 0 Å². The Labute approximate surface area is 254 Å². The molecule has 13 heteroatoms. The number of ether oxygens (including phenoxy) is 3. The van der Waals surface area contributed by atoms with Gasteiger partial charge in [0, 0.05) is 49.3 Å². The minimum atomic E-state index is -4.67. The van der Waals surface area contributed by atoms with Gasteiger partial charge in [-0.15, -0.1) is 0 Å². The lowest BCUT2D eigenvalue weighted by atomic mass is 9.80. The number of alkyl halides is 1. The summed E-state index contributed by atoms with van der Waals surface area (Å²) in [5, 5.41) is 0.207. The monoisotopic (exact) mass is 631 g/mol. The quantitative estimate of drug-likeness (QED) is 0.369. The van der Waals surface area contributed by atoms with Gasteiger partial charge in [0.15, 0.2) is 5.54 Å². The van der Waals surface area contributed by atoms with Crippen LogP contribution in [0.15, 0.2) is 65.6 Å². The summed E-state index contributed by atoms with van der Waals surface area (Å²) in [5.74, 6) is -0.860. The number of para-hydroxylation sites is 1. The summed E-state index contributed by atoms with van der Waals surface area (Å²) in [6.45, 7) is -0.334. The molecule has 2 aliphatic heterocycles. The number of carbonyl (C=O) groups excluding carboxylic acids is 2. The molecule has 0 bridgehead atoms. The summed E-state index contributed by atoms with van der Waals surface area (Å²) in [6.07, 6.45) is -1.68. The highest BCUT2D eigenvalue weighted by atomic mass is 35.5. The lowest BCUT2D eigenvalue weighted by Crippen LogP contribution is -2.59. The van der Waals surface area contributed by atoms with E-state index < -0.39 is 39.6 Å². The molecule has 0 radical (unpaired) electrons. The van der Waals surface area contributed by atoms with Crippen molar-refractivity contribution in [1.82, 2.24) is 9.80 Å². The molecule has 0 saturated carbocycles. The maximum Gasteiger partial charge on any atom is 0.274 e. The predicted octanol–water partition coefficient (Wildman–Crippen LogP) is 3.85. The number of hydrogen-bond donors (Lipinski definition) is 0. The number of sulfonamides is 1. The van der Waals surface area contributed by atoms with Gasteiger partial charge in [-0.25, -0.2) is 17.1 Å². The minimum Gasteiger partial charge on any atom is -0.497 e. The van der Waals surface area contributed by atoms with Crippen LogP contribution < -0.4 is 18.5 Å². The van der Waals surface area contributed by atoms with E-state index >= 15 is 9.18 Å². The van der Waals surface area contributed by atoms with Crippen molar-refractivity contribution in [1.29, 1.82) is 0 Å². The summed E-state index contributed by atoms with van der Waals surface area (Å²) in [5.41, 5.74) is -1.62. The van der Waals surface area contributed by atoms with Crippen molar-refractivity contribution in [3.8, 4) is 17.2 Å². The minimum absolute atomic E-state index is 0.00321. The first-order chi connectivity index (χ1) is 20.4. The first-order valence-corrected chi connectivity index (χ1v) is 15.1. The molecule has 3 aromatic carbocycles. The molecule has 2 amide bonds. The van der Waals surface area contributed by atoms with Crippen molar-refractivity contribution in [3.05, 3.63) is 76.8 Å². The van der Waals surface area contributed by atoms with E-state index in [1.807, 2.05) is 0 Å². The molecule has 2 heterocycles. The van der Waals surface area contributed by atoms with Gasteiger partial charge in [0.05, 0.1) is 33.1 Å². The second-order valence-electron chi connectivity index (χ2n) is 10.4. The molecule has 0 aromatic heterocycles. The number of carbonyl (C=O) groups is 2. The van der Waals surface area contributed by atoms with Gasteiger partial charge in [0.2, 0.25) is 5.91 Å². The molecule has 228 valence electrons. The molecule has 1 saturated heterocycles. The lowest BCUT2D eigenvalue weighted by Gasteiger charge is -2.42. The molecule has 3 atom stereocenters. The van der Waals surface area contributed by atoms with Crippen LogP contribution in [0.3, 0.4) is 0 Å². The number of likely N-dealkylation sites (tertiary alicyclic amines) is 1. The van der Waals surface area contributed by atoms with E-state index in [0.717, 1.165) is 0 Å². The lowest BCUT2D eigenvalue weighted by molar-refractivity contribution is -0.138. The molecule has 3 aromatic rings. The van der Waals surface area contributed by atoms with E-state index in [1.165, 1.54) is 81.6 Å². The molecule has 2 aliphatic rings. The number of hydrogen-bond acceptors (Lipinski definition) is 8. The number of anilines is 1. The van der Waals surface area contributed by atoms with Crippen LogP contribution in [0.1, 0.15) is 17.5 Å². The average molecular weight is 632 g/mol. The van der Waals surface area contributed by atoms with E-state index in [0.29, 0.717) is 10.1 Å². The number of methoxy groups -OCH3 is 3. The molecule has 1 unspecified atom stereocenters. The van der Waals surface area contributed by atoms with Crippen LogP contribution in [-0.4, -0.2) is 84.2 Å². The van der Waals surface area contributed by atoms with Gasteiger partial charge in [-0.05, 0) is 36.4 Å². The van der Waals surface area contributed by atoms with Crippen molar-refractivity contribution in [2.75, 3.05) is 46.3 Å². The number of nitrogens with zero attached hydrogens (tertiary/aromatic N) is 3. The largest absolute Gasteiger partial charge is 0.497 e. The Morgan fingerprint density at radius 1 is 0.977 bits per heavy atom. The Morgan fingerprint density at radius 3 is 2.33 bits per heavy atom. The van der Waals surface area contributed by atoms with Crippen LogP contribution in [0.4, 0.5) is 10.1 Å². The zero-order valence-corrected chi connectivity index (χ0v) is 25.8. The van der Waals surface area contributed by atoms with Crippen molar-refractivity contribution in [2.45, 2.75) is 29.1 Å². The Bertz CT molecular complexity index is 1700. The number of rotatable bonds is 8.